The average Bonchev–Trinajstić information content (AvgIpc) is 2.25. The molecule has 0 aromatic carbocycles. The summed E-state index contributed by atoms with van der Waals surface area (Å²) < 4.78 is 5.01. The highest BCUT2D eigenvalue weighted by molar-refractivity contribution is 5.69. The van der Waals surface area contributed by atoms with E-state index in [0.717, 1.165) is 18.4 Å². The molecule has 0 spiro atoms. The first kappa shape index (κ1) is 11.0. The standard InChI is InChI=1S/C11H16O3/c12-8-4-7-11(13)14-9-10-5-2-1-3-6-10/h2,5-6,12H,1,3-4,7-9H2. The van der Waals surface area contributed by atoms with Gasteiger partial charge in [-0.15, -0.1) is 0 Å². The van der Waals surface area contributed by atoms with Crippen LogP contribution in [0.4, 0.5) is 0 Å². The number of hydrogen-bond acceptors (Lipinski definition) is 3. The van der Waals surface area contributed by atoms with Crippen molar-refractivity contribution < 1.29 is 14.6 Å². The summed E-state index contributed by atoms with van der Waals surface area (Å²) in [7, 11) is 0. The van der Waals surface area contributed by atoms with E-state index in [-0.39, 0.29) is 12.6 Å². The Morgan fingerprint density at radius 1 is 1.50 bits per heavy atom. The van der Waals surface area contributed by atoms with Crippen molar-refractivity contribution in [2.45, 2.75) is 25.7 Å². The van der Waals surface area contributed by atoms with Crippen molar-refractivity contribution in [1.29, 1.82) is 0 Å². The number of carbonyl (C=O) groups is 1. The van der Waals surface area contributed by atoms with Crippen molar-refractivity contribution in [2.24, 2.45) is 0 Å². The van der Waals surface area contributed by atoms with Gasteiger partial charge < -0.3 is 9.84 Å². The summed E-state index contributed by atoms with van der Waals surface area (Å²) in [5, 5.41) is 8.50. The number of esters is 1. The summed E-state index contributed by atoms with van der Waals surface area (Å²) in [6, 6.07) is 0. The molecule has 0 unspecified atom stereocenters. The van der Waals surface area contributed by atoms with E-state index in [0.29, 0.717) is 19.4 Å². The van der Waals surface area contributed by atoms with E-state index in [1.165, 1.54) is 0 Å². The van der Waals surface area contributed by atoms with Gasteiger partial charge in [-0.25, -0.2) is 0 Å². The molecule has 0 aromatic rings. The van der Waals surface area contributed by atoms with E-state index in [2.05, 4.69) is 12.2 Å². The van der Waals surface area contributed by atoms with E-state index < -0.39 is 0 Å². The van der Waals surface area contributed by atoms with E-state index in [1.54, 1.807) is 0 Å². The molecule has 1 rings (SSSR count). The van der Waals surface area contributed by atoms with Crippen LogP contribution in [0.2, 0.25) is 0 Å². The number of hydrogen-bond donors (Lipinski definition) is 1. The maximum atomic E-state index is 11.1. The summed E-state index contributed by atoms with van der Waals surface area (Å²) in [5.74, 6) is -0.237. The third kappa shape index (κ3) is 4.23. The Labute approximate surface area is 84.1 Å². The predicted molar refractivity (Wildman–Crippen MR) is 53.7 cm³/mol. The van der Waals surface area contributed by atoms with E-state index >= 15 is 0 Å². The van der Waals surface area contributed by atoms with E-state index in [4.69, 9.17) is 9.84 Å². The molecule has 0 radical (unpaired) electrons. The zero-order valence-corrected chi connectivity index (χ0v) is 8.24. The van der Waals surface area contributed by atoms with Crippen molar-refractivity contribution in [3.63, 3.8) is 0 Å². The number of allylic oxidation sites excluding steroid dienone is 2. The summed E-state index contributed by atoms with van der Waals surface area (Å²) >= 11 is 0. The van der Waals surface area contributed by atoms with Gasteiger partial charge in [0.15, 0.2) is 0 Å². The second-order valence-electron chi connectivity index (χ2n) is 3.25. The van der Waals surface area contributed by atoms with Crippen molar-refractivity contribution in [1.82, 2.24) is 0 Å². The van der Waals surface area contributed by atoms with Crippen LogP contribution in [0, 0.1) is 0 Å². The van der Waals surface area contributed by atoms with Gasteiger partial charge in [0, 0.05) is 13.0 Å². The molecule has 14 heavy (non-hydrogen) atoms. The van der Waals surface area contributed by atoms with Crippen LogP contribution in [-0.2, 0) is 9.53 Å². The van der Waals surface area contributed by atoms with Crippen LogP contribution in [0.1, 0.15) is 25.7 Å². The van der Waals surface area contributed by atoms with E-state index in [9.17, 15) is 4.79 Å². The highest BCUT2D eigenvalue weighted by Gasteiger charge is 2.03. The SMILES string of the molecule is O=C(CCCO)OCC1=CCCC=C1. The lowest BCUT2D eigenvalue weighted by atomic mass is 10.1. The lowest BCUT2D eigenvalue weighted by Crippen LogP contribution is -2.08. The normalized spacial score (nSPS) is 15.1. The molecule has 78 valence electrons. The third-order valence-corrected chi connectivity index (χ3v) is 2.01. The van der Waals surface area contributed by atoms with Crippen LogP contribution in [0.25, 0.3) is 0 Å². The Bertz CT molecular complexity index is 241. The van der Waals surface area contributed by atoms with Gasteiger partial charge in [-0.05, 0) is 24.8 Å². The molecular formula is C11H16O3. The highest BCUT2D eigenvalue weighted by atomic mass is 16.5. The smallest absolute Gasteiger partial charge is 0.306 e. The zero-order valence-electron chi connectivity index (χ0n) is 8.24. The summed E-state index contributed by atoms with van der Waals surface area (Å²) in [4.78, 5) is 11.1. The van der Waals surface area contributed by atoms with Crippen LogP contribution < -0.4 is 0 Å². The molecule has 0 saturated carbocycles. The maximum Gasteiger partial charge on any atom is 0.306 e. The van der Waals surface area contributed by atoms with Gasteiger partial charge in [-0.3, -0.25) is 4.79 Å². The van der Waals surface area contributed by atoms with Crippen molar-refractivity contribution >= 4 is 5.97 Å². The first-order valence-corrected chi connectivity index (χ1v) is 4.95. The number of aliphatic hydroxyl groups excluding tert-OH is 1. The molecule has 0 aromatic heterocycles. The van der Waals surface area contributed by atoms with Crippen LogP contribution in [0.15, 0.2) is 23.8 Å². The number of aliphatic hydroxyl groups is 1. The summed E-state index contributed by atoms with van der Waals surface area (Å²) in [5.41, 5.74) is 1.06. The lowest BCUT2D eigenvalue weighted by molar-refractivity contribution is -0.142. The number of ether oxygens (including phenoxy) is 1. The lowest BCUT2D eigenvalue weighted by Gasteiger charge is -2.07. The van der Waals surface area contributed by atoms with Crippen LogP contribution in [0.5, 0.6) is 0 Å². The molecule has 0 fully saturated rings. The first-order valence-electron chi connectivity index (χ1n) is 4.95. The molecule has 3 heteroatoms. The van der Waals surface area contributed by atoms with Gasteiger partial charge in [0.2, 0.25) is 0 Å². The molecule has 0 amide bonds. The highest BCUT2D eigenvalue weighted by Crippen LogP contribution is 2.09. The molecule has 0 bridgehead atoms. The fraction of sp³-hybridized carbons (Fsp3) is 0.545. The zero-order chi connectivity index (χ0) is 10.2. The fourth-order valence-corrected chi connectivity index (χ4v) is 1.23. The van der Waals surface area contributed by atoms with Crippen LogP contribution >= 0.6 is 0 Å². The minimum atomic E-state index is -0.237. The minimum Gasteiger partial charge on any atom is -0.461 e. The average molecular weight is 196 g/mol. The van der Waals surface area contributed by atoms with Crippen molar-refractivity contribution in [2.75, 3.05) is 13.2 Å². The number of carbonyl (C=O) groups excluding carboxylic acids is 1. The summed E-state index contributed by atoms with van der Waals surface area (Å²) in [6.07, 6.45) is 9.03. The summed E-state index contributed by atoms with van der Waals surface area (Å²) in [6.45, 7) is 0.401. The second kappa shape index (κ2) is 6.38. The van der Waals surface area contributed by atoms with Gasteiger partial charge in [0.25, 0.3) is 0 Å². The second-order valence-corrected chi connectivity index (χ2v) is 3.25. The van der Waals surface area contributed by atoms with Gasteiger partial charge in [-0.1, -0.05) is 18.2 Å². The van der Waals surface area contributed by atoms with Gasteiger partial charge in [0.1, 0.15) is 6.61 Å². The van der Waals surface area contributed by atoms with Gasteiger partial charge in [-0.2, -0.15) is 0 Å². The van der Waals surface area contributed by atoms with Crippen LogP contribution in [0.3, 0.4) is 0 Å². The van der Waals surface area contributed by atoms with Crippen LogP contribution in [-0.4, -0.2) is 24.3 Å². The topological polar surface area (TPSA) is 46.5 Å². The maximum absolute atomic E-state index is 11.1. The quantitative estimate of drug-likeness (QED) is 0.679. The molecule has 0 aliphatic heterocycles. The molecule has 0 atom stereocenters. The Kier molecular flexibility index (Phi) is 5.00. The van der Waals surface area contributed by atoms with Gasteiger partial charge in [0.05, 0.1) is 0 Å². The molecule has 1 aliphatic rings. The fourth-order valence-electron chi connectivity index (χ4n) is 1.23. The van der Waals surface area contributed by atoms with Crippen molar-refractivity contribution in [3.05, 3.63) is 23.8 Å². The molecule has 1 aliphatic carbocycles. The Balaban J connectivity index is 2.16. The Hall–Kier alpha value is -1.09. The Morgan fingerprint density at radius 2 is 2.36 bits per heavy atom. The molecule has 1 N–H and O–H groups in total. The molecule has 0 saturated heterocycles. The largest absolute Gasteiger partial charge is 0.461 e. The minimum absolute atomic E-state index is 0.0394. The van der Waals surface area contributed by atoms with Crippen molar-refractivity contribution in [3.8, 4) is 0 Å². The monoisotopic (exact) mass is 196 g/mol. The molecule has 0 heterocycles. The van der Waals surface area contributed by atoms with E-state index in [1.807, 2.05) is 6.08 Å². The number of rotatable bonds is 5. The third-order valence-electron chi connectivity index (χ3n) is 2.01. The Morgan fingerprint density at radius 3 is 3.00 bits per heavy atom. The molecule has 3 nitrogen and oxygen atoms in total. The van der Waals surface area contributed by atoms with Gasteiger partial charge >= 0.3 is 5.97 Å². The first-order chi connectivity index (χ1) is 6.83. The molecular weight excluding hydrogens is 180 g/mol. The predicted octanol–water partition coefficient (Wildman–Crippen LogP) is 1.58.